The van der Waals surface area contributed by atoms with Gasteiger partial charge in [-0.25, -0.2) is 0 Å². The molecule has 3 aromatic rings. The molecule has 1 aliphatic heterocycles. The summed E-state index contributed by atoms with van der Waals surface area (Å²) in [6.07, 6.45) is 1.19. The number of ether oxygens (including phenoxy) is 1. The molecule has 1 aromatic heterocycles. The van der Waals surface area contributed by atoms with Gasteiger partial charge in [-0.1, -0.05) is 12.1 Å². The highest BCUT2D eigenvalue weighted by Gasteiger charge is 2.46. The first-order valence-corrected chi connectivity index (χ1v) is 11.1. The maximum Gasteiger partial charge on any atom is 0.248 e. The zero-order chi connectivity index (χ0) is 23.1. The number of carbonyl (C=O) groups is 1. The van der Waals surface area contributed by atoms with Crippen molar-refractivity contribution >= 4 is 5.91 Å². The summed E-state index contributed by atoms with van der Waals surface area (Å²) in [6.45, 7) is 4.10. The van der Waals surface area contributed by atoms with E-state index in [-0.39, 0.29) is 30.6 Å². The number of carbonyl (C=O) groups excluding carboxylic acids is 1. The van der Waals surface area contributed by atoms with E-state index >= 15 is 0 Å². The van der Waals surface area contributed by atoms with Gasteiger partial charge in [0.15, 0.2) is 0 Å². The number of nitriles is 1. The van der Waals surface area contributed by atoms with Gasteiger partial charge in [0.1, 0.15) is 11.8 Å². The lowest BCUT2D eigenvalue weighted by molar-refractivity contribution is -0.129. The Kier molecular flexibility index (Phi) is 5.35. The SMILES string of the molecule is CC(C)Oc1ccc(-c2nnc(-c3cccc4c3C[C@@H]3CC(=O)N(CCO)[C@H]43)o2)cc1C#N. The van der Waals surface area contributed by atoms with E-state index in [9.17, 15) is 15.2 Å². The summed E-state index contributed by atoms with van der Waals surface area (Å²) in [6, 6.07) is 13.3. The number of amides is 1. The van der Waals surface area contributed by atoms with Crippen LogP contribution in [0, 0.1) is 17.2 Å². The second-order valence-corrected chi connectivity index (χ2v) is 8.70. The monoisotopic (exact) mass is 444 g/mol. The summed E-state index contributed by atoms with van der Waals surface area (Å²) in [5.41, 5.74) is 4.10. The summed E-state index contributed by atoms with van der Waals surface area (Å²) >= 11 is 0. The van der Waals surface area contributed by atoms with Crippen LogP contribution in [-0.2, 0) is 11.2 Å². The van der Waals surface area contributed by atoms with Crippen LogP contribution in [0.4, 0.5) is 0 Å². The Morgan fingerprint density at radius 2 is 2.06 bits per heavy atom. The van der Waals surface area contributed by atoms with Crippen LogP contribution in [0.2, 0.25) is 0 Å². The van der Waals surface area contributed by atoms with Crippen molar-refractivity contribution in [3.8, 4) is 34.7 Å². The quantitative estimate of drug-likeness (QED) is 0.619. The van der Waals surface area contributed by atoms with E-state index in [2.05, 4.69) is 16.3 Å². The van der Waals surface area contributed by atoms with Crippen molar-refractivity contribution in [2.45, 2.75) is 38.8 Å². The Hall–Kier alpha value is -3.70. The van der Waals surface area contributed by atoms with E-state index in [1.165, 1.54) is 0 Å². The fourth-order valence-corrected chi connectivity index (χ4v) is 4.97. The van der Waals surface area contributed by atoms with Gasteiger partial charge in [-0.05, 0) is 61.6 Å². The van der Waals surface area contributed by atoms with E-state index in [0.29, 0.717) is 41.6 Å². The highest BCUT2D eigenvalue weighted by atomic mass is 16.5. The van der Waals surface area contributed by atoms with E-state index in [1.807, 2.05) is 32.0 Å². The Morgan fingerprint density at radius 1 is 1.24 bits per heavy atom. The number of likely N-dealkylation sites (tertiary alicyclic amines) is 1. The predicted molar refractivity (Wildman–Crippen MR) is 119 cm³/mol. The highest BCUT2D eigenvalue weighted by Crippen LogP contribution is 2.49. The summed E-state index contributed by atoms with van der Waals surface area (Å²) in [4.78, 5) is 14.2. The van der Waals surface area contributed by atoms with Crippen LogP contribution >= 0.6 is 0 Å². The van der Waals surface area contributed by atoms with Crippen LogP contribution < -0.4 is 4.74 Å². The Labute approximate surface area is 191 Å². The summed E-state index contributed by atoms with van der Waals surface area (Å²) in [7, 11) is 0. The first kappa shape index (κ1) is 21.2. The smallest absolute Gasteiger partial charge is 0.248 e. The minimum atomic E-state index is -0.0529. The van der Waals surface area contributed by atoms with E-state index in [0.717, 1.165) is 23.1 Å². The number of aliphatic hydroxyl groups is 1. The zero-order valence-corrected chi connectivity index (χ0v) is 18.5. The Morgan fingerprint density at radius 3 is 2.82 bits per heavy atom. The van der Waals surface area contributed by atoms with Gasteiger partial charge < -0.3 is 19.2 Å². The van der Waals surface area contributed by atoms with Gasteiger partial charge in [0.25, 0.3) is 0 Å². The second kappa shape index (κ2) is 8.34. The lowest BCUT2D eigenvalue weighted by atomic mass is 10.0. The van der Waals surface area contributed by atoms with Crippen molar-refractivity contribution in [2.75, 3.05) is 13.2 Å². The number of fused-ring (bicyclic) bond motifs is 3. The third kappa shape index (κ3) is 3.64. The highest BCUT2D eigenvalue weighted by molar-refractivity contribution is 5.81. The van der Waals surface area contributed by atoms with E-state index in [4.69, 9.17) is 9.15 Å². The molecule has 1 N–H and O–H groups in total. The van der Waals surface area contributed by atoms with Crippen molar-refractivity contribution in [2.24, 2.45) is 5.92 Å². The lowest BCUT2D eigenvalue weighted by Gasteiger charge is -2.24. The molecule has 2 atom stereocenters. The molecule has 0 bridgehead atoms. The van der Waals surface area contributed by atoms with Gasteiger partial charge in [0.05, 0.1) is 24.3 Å². The molecule has 2 aromatic carbocycles. The number of hydrogen-bond donors (Lipinski definition) is 1. The average Bonchev–Trinajstić information content (AvgIpc) is 3.49. The molecule has 1 amide bonds. The number of β-amino-alcohol motifs (C(OH)–C–C–N with tert-alkyl or cyclic N) is 1. The maximum atomic E-state index is 12.4. The summed E-state index contributed by atoms with van der Waals surface area (Å²) < 4.78 is 11.7. The first-order valence-electron chi connectivity index (χ1n) is 11.1. The van der Waals surface area contributed by atoms with Gasteiger partial charge >= 0.3 is 0 Å². The van der Waals surface area contributed by atoms with Crippen LogP contribution in [0.15, 0.2) is 40.8 Å². The van der Waals surface area contributed by atoms with E-state index in [1.54, 1.807) is 23.1 Å². The molecule has 0 radical (unpaired) electrons. The number of aromatic nitrogens is 2. The normalized spacial score (nSPS) is 19.0. The first-order chi connectivity index (χ1) is 16.0. The Bertz CT molecular complexity index is 1260. The molecular formula is C25H24N4O4. The number of hydrogen-bond acceptors (Lipinski definition) is 7. The third-order valence-electron chi connectivity index (χ3n) is 6.24. The van der Waals surface area contributed by atoms with Crippen LogP contribution in [0.3, 0.4) is 0 Å². The minimum Gasteiger partial charge on any atom is -0.490 e. The topological polar surface area (TPSA) is 112 Å². The molecule has 0 saturated carbocycles. The number of rotatable bonds is 6. The van der Waals surface area contributed by atoms with Crippen molar-refractivity contribution < 1.29 is 19.1 Å². The molecule has 0 spiro atoms. The van der Waals surface area contributed by atoms with Crippen LogP contribution in [-0.4, -0.2) is 45.4 Å². The van der Waals surface area contributed by atoms with Gasteiger partial charge in [-0.2, -0.15) is 5.26 Å². The molecule has 5 rings (SSSR count). The van der Waals surface area contributed by atoms with Crippen LogP contribution in [0.1, 0.15) is 43.0 Å². The molecule has 8 nitrogen and oxygen atoms in total. The average molecular weight is 444 g/mol. The van der Waals surface area contributed by atoms with E-state index < -0.39 is 0 Å². The van der Waals surface area contributed by atoms with Crippen molar-refractivity contribution in [1.82, 2.24) is 15.1 Å². The molecule has 168 valence electrons. The van der Waals surface area contributed by atoms with Crippen molar-refractivity contribution in [3.63, 3.8) is 0 Å². The molecule has 1 saturated heterocycles. The predicted octanol–water partition coefficient (Wildman–Crippen LogP) is 3.50. The molecular weight excluding hydrogens is 420 g/mol. The molecule has 33 heavy (non-hydrogen) atoms. The number of nitrogens with zero attached hydrogens (tertiary/aromatic N) is 4. The zero-order valence-electron chi connectivity index (χ0n) is 18.5. The van der Waals surface area contributed by atoms with Gasteiger partial charge in [0.2, 0.25) is 17.7 Å². The fourth-order valence-electron chi connectivity index (χ4n) is 4.97. The molecule has 2 aliphatic rings. The Balaban J connectivity index is 1.48. The maximum absolute atomic E-state index is 12.4. The lowest BCUT2D eigenvalue weighted by Crippen LogP contribution is -2.30. The van der Waals surface area contributed by atoms with Crippen LogP contribution in [0.5, 0.6) is 5.75 Å². The minimum absolute atomic E-state index is 0.0197. The van der Waals surface area contributed by atoms with Gasteiger partial charge in [0, 0.05) is 24.1 Å². The molecule has 2 heterocycles. The fraction of sp³-hybridized carbons (Fsp3) is 0.360. The number of benzene rings is 2. The standard InChI is InChI=1S/C25H24N4O4/c1-14(2)32-21-7-6-15(10-17(21)13-26)24-27-28-25(33-24)19-5-3-4-18-20(19)11-16-12-22(31)29(8-9-30)23(16)18/h3-7,10,14,16,23,30H,8-9,11-12H2,1-2H3/t16-,23+/m1/s1. The second-order valence-electron chi connectivity index (χ2n) is 8.70. The third-order valence-corrected chi connectivity index (χ3v) is 6.24. The van der Waals surface area contributed by atoms with Gasteiger partial charge in [-0.3, -0.25) is 4.79 Å². The van der Waals surface area contributed by atoms with Crippen molar-refractivity contribution in [1.29, 1.82) is 5.26 Å². The molecule has 1 fully saturated rings. The molecule has 1 aliphatic carbocycles. The summed E-state index contributed by atoms with van der Waals surface area (Å²) in [5.74, 6) is 1.53. The van der Waals surface area contributed by atoms with Gasteiger partial charge in [-0.15, -0.1) is 10.2 Å². The van der Waals surface area contributed by atoms with Crippen molar-refractivity contribution in [3.05, 3.63) is 53.1 Å². The largest absolute Gasteiger partial charge is 0.490 e. The molecule has 8 heteroatoms. The number of aliphatic hydroxyl groups excluding tert-OH is 1. The molecule has 0 unspecified atom stereocenters. The van der Waals surface area contributed by atoms with Crippen LogP contribution in [0.25, 0.3) is 22.9 Å². The summed E-state index contributed by atoms with van der Waals surface area (Å²) in [5, 5.41) is 27.4.